The molecule has 0 amide bonds. The van der Waals surface area contributed by atoms with Crippen LogP contribution in [0.4, 0.5) is 0 Å². The molecule has 0 rings (SSSR count). The van der Waals surface area contributed by atoms with Crippen molar-refractivity contribution in [1.82, 2.24) is 0 Å². The summed E-state index contributed by atoms with van der Waals surface area (Å²) in [7, 11) is 0. The summed E-state index contributed by atoms with van der Waals surface area (Å²) in [6.07, 6.45) is 8.03. The standard InChI is InChI=1S/C10H20Cl2O/c11-9-10(12)7-5-3-1-2-4-6-8-13/h10,13H,1-9H2. The molecule has 80 valence electrons. The lowest BCUT2D eigenvalue weighted by molar-refractivity contribution is 0.282. The number of rotatable bonds is 9. The average Bonchev–Trinajstić information content (AvgIpc) is 2.16. The van der Waals surface area contributed by atoms with E-state index in [1.165, 1.54) is 25.7 Å². The van der Waals surface area contributed by atoms with Gasteiger partial charge in [0.05, 0.1) is 0 Å². The monoisotopic (exact) mass is 226 g/mol. The fourth-order valence-corrected chi connectivity index (χ4v) is 1.57. The normalized spacial score (nSPS) is 13.2. The Bertz CT molecular complexity index is 98.9. The van der Waals surface area contributed by atoms with Crippen molar-refractivity contribution >= 4 is 23.2 Å². The molecule has 0 saturated carbocycles. The van der Waals surface area contributed by atoms with Crippen LogP contribution in [0.1, 0.15) is 44.9 Å². The maximum Gasteiger partial charge on any atom is 0.0471 e. The van der Waals surface area contributed by atoms with Crippen LogP contribution < -0.4 is 0 Å². The molecule has 0 spiro atoms. The first-order valence-electron chi connectivity index (χ1n) is 5.12. The Balaban J connectivity index is 2.91. The summed E-state index contributed by atoms with van der Waals surface area (Å²) in [6.45, 7) is 0.329. The smallest absolute Gasteiger partial charge is 0.0471 e. The molecule has 13 heavy (non-hydrogen) atoms. The SMILES string of the molecule is OCCCCCCCCC(Cl)CCl. The molecule has 0 aliphatic heterocycles. The second-order valence-electron chi connectivity index (χ2n) is 3.39. The van der Waals surface area contributed by atoms with Gasteiger partial charge in [0.15, 0.2) is 0 Å². The van der Waals surface area contributed by atoms with Gasteiger partial charge in [-0.3, -0.25) is 0 Å². The molecular weight excluding hydrogens is 207 g/mol. The lowest BCUT2D eigenvalue weighted by Crippen LogP contribution is -1.99. The fourth-order valence-electron chi connectivity index (χ4n) is 1.26. The predicted octanol–water partition coefficient (Wildman–Crippen LogP) is 3.56. The third-order valence-electron chi connectivity index (χ3n) is 2.09. The molecule has 0 bridgehead atoms. The van der Waals surface area contributed by atoms with Crippen LogP contribution in [0.25, 0.3) is 0 Å². The summed E-state index contributed by atoms with van der Waals surface area (Å²) < 4.78 is 0. The summed E-state index contributed by atoms with van der Waals surface area (Å²) in [5.41, 5.74) is 0. The van der Waals surface area contributed by atoms with Gasteiger partial charge in [-0.25, -0.2) is 0 Å². The zero-order valence-electron chi connectivity index (χ0n) is 8.14. The maximum absolute atomic E-state index is 8.54. The van der Waals surface area contributed by atoms with Gasteiger partial charge >= 0.3 is 0 Å². The second kappa shape index (κ2) is 10.6. The van der Waals surface area contributed by atoms with Crippen LogP contribution in [0.3, 0.4) is 0 Å². The van der Waals surface area contributed by atoms with E-state index < -0.39 is 0 Å². The zero-order valence-corrected chi connectivity index (χ0v) is 9.66. The molecular formula is C10H20Cl2O. The van der Waals surface area contributed by atoms with E-state index in [1.807, 2.05) is 0 Å². The Morgan fingerprint density at radius 3 is 2.00 bits per heavy atom. The van der Waals surface area contributed by atoms with Crippen molar-refractivity contribution < 1.29 is 5.11 Å². The first-order chi connectivity index (χ1) is 6.31. The molecule has 3 heteroatoms. The number of hydrogen-bond acceptors (Lipinski definition) is 1. The van der Waals surface area contributed by atoms with Crippen molar-refractivity contribution in [3.05, 3.63) is 0 Å². The van der Waals surface area contributed by atoms with Gasteiger partial charge < -0.3 is 5.11 Å². The molecule has 0 aromatic heterocycles. The minimum Gasteiger partial charge on any atom is -0.396 e. The van der Waals surface area contributed by atoms with Crippen molar-refractivity contribution in [2.75, 3.05) is 12.5 Å². The van der Waals surface area contributed by atoms with E-state index in [2.05, 4.69) is 0 Å². The summed E-state index contributed by atoms with van der Waals surface area (Å²) >= 11 is 11.4. The zero-order chi connectivity index (χ0) is 9.94. The molecule has 0 saturated heterocycles. The van der Waals surface area contributed by atoms with E-state index in [-0.39, 0.29) is 5.38 Å². The van der Waals surface area contributed by atoms with Gasteiger partial charge in [0.25, 0.3) is 0 Å². The molecule has 0 aliphatic rings. The molecule has 1 N–H and O–H groups in total. The van der Waals surface area contributed by atoms with Gasteiger partial charge in [-0.2, -0.15) is 0 Å². The fraction of sp³-hybridized carbons (Fsp3) is 1.00. The topological polar surface area (TPSA) is 20.2 Å². The van der Waals surface area contributed by atoms with Crippen LogP contribution in [0.2, 0.25) is 0 Å². The summed E-state index contributed by atoms with van der Waals surface area (Å²) in [5, 5.41) is 8.69. The van der Waals surface area contributed by atoms with E-state index in [9.17, 15) is 0 Å². The van der Waals surface area contributed by atoms with Gasteiger partial charge in [-0.05, 0) is 12.8 Å². The minimum absolute atomic E-state index is 0.152. The van der Waals surface area contributed by atoms with Crippen LogP contribution in [-0.4, -0.2) is 23.0 Å². The van der Waals surface area contributed by atoms with E-state index >= 15 is 0 Å². The first-order valence-corrected chi connectivity index (χ1v) is 6.09. The van der Waals surface area contributed by atoms with Crippen molar-refractivity contribution in [2.24, 2.45) is 0 Å². The third-order valence-corrected chi connectivity index (χ3v) is 3.00. The van der Waals surface area contributed by atoms with Crippen LogP contribution >= 0.6 is 23.2 Å². The van der Waals surface area contributed by atoms with Crippen LogP contribution in [0.15, 0.2) is 0 Å². The average molecular weight is 227 g/mol. The van der Waals surface area contributed by atoms with Gasteiger partial charge in [-0.1, -0.05) is 32.1 Å². The molecule has 0 aliphatic carbocycles. The Hall–Kier alpha value is 0.540. The second-order valence-corrected chi connectivity index (χ2v) is 4.31. The number of hydrogen-bond donors (Lipinski definition) is 1. The number of aliphatic hydroxyl groups excluding tert-OH is 1. The van der Waals surface area contributed by atoms with Crippen molar-refractivity contribution in [1.29, 1.82) is 0 Å². The quantitative estimate of drug-likeness (QED) is 0.471. The van der Waals surface area contributed by atoms with Crippen LogP contribution in [-0.2, 0) is 0 Å². The molecule has 0 aromatic carbocycles. The van der Waals surface area contributed by atoms with Crippen molar-refractivity contribution in [2.45, 2.75) is 50.3 Å². The lowest BCUT2D eigenvalue weighted by atomic mass is 10.1. The Kier molecular flexibility index (Phi) is 11.1. The highest BCUT2D eigenvalue weighted by Gasteiger charge is 2.00. The number of aliphatic hydroxyl groups is 1. The van der Waals surface area contributed by atoms with Crippen molar-refractivity contribution in [3.8, 4) is 0 Å². The van der Waals surface area contributed by atoms with Gasteiger partial charge in [-0.15, -0.1) is 23.2 Å². The highest BCUT2D eigenvalue weighted by molar-refractivity contribution is 6.28. The predicted molar refractivity (Wildman–Crippen MR) is 59.8 cm³/mol. The molecule has 0 fully saturated rings. The van der Waals surface area contributed by atoms with Crippen LogP contribution in [0.5, 0.6) is 0 Å². The summed E-state index contributed by atoms with van der Waals surface area (Å²) in [4.78, 5) is 0. The lowest BCUT2D eigenvalue weighted by Gasteiger charge is -2.04. The molecule has 0 heterocycles. The summed E-state index contributed by atoms with van der Waals surface area (Å²) in [5.74, 6) is 0.562. The van der Waals surface area contributed by atoms with Gasteiger partial charge in [0.1, 0.15) is 0 Å². The molecule has 1 unspecified atom stereocenters. The Labute approximate surface area is 91.4 Å². The third kappa shape index (κ3) is 10.5. The molecule has 1 atom stereocenters. The van der Waals surface area contributed by atoms with E-state index in [1.54, 1.807) is 0 Å². The van der Waals surface area contributed by atoms with E-state index in [0.29, 0.717) is 12.5 Å². The number of halogens is 2. The van der Waals surface area contributed by atoms with E-state index in [4.69, 9.17) is 28.3 Å². The van der Waals surface area contributed by atoms with Crippen LogP contribution in [0, 0.1) is 0 Å². The molecule has 0 aromatic rings. The van der Waals surface area contributed by atoms with Crippen molar-refractivity contribution in [3.63, 3.8) is 0 Å². The maximum atomic E-state index is 8.54. The highest BCUT2D eigenvalue weighted by atomic mass is 35.5. The van der Waals surface area contributed by atoms with Gasteiger partial charge in [0.2, 0.25) is 0 Å². The molecule has 0 radical (unpaired) electrons. The van der Waals surface area contributed by atoms with E-state index in [0.717, 1.165) is 19.3 Å². The minimum atomic E-state index is 0.152. The Morgan fingerprint density at radius 2 is 1.46 bits per heavy atom. The number of unbranched alkanes of at least 4 members (excludes halogenated alkanes) is 5. The molecule has 1 nitrogen and oxygen atoms in total. The van der Waals surface area contributed by atoms with Gasteiger partial charge in [0, 0.05) is 17.9 Å². The number of alkyl halides is 2. The highest BCUT2D eigenvalue weighted by Crippen LogP contribution is 2.12. The first kappa shape index (κ1) is 13.5. The Morgan fingerprint density at radius 1 is 0.923 bits per heavy atom. The summed E-state index contributed by atoms with van der Waals surface area (Å²) in [6, 6.07) is 0. The largest absolute Gasteiger partial charge is 0.396 e.